The molecule has 0 spiro atoms. The van der Waals surface area contributed by atoms with Crippen LogP contribution in [-0.2, 0) is 24.6 Å². The van der Waals surface area contributed by atoms with E-state index in [1.807, 2.05) is 41.8 Å². The maximum Gasteiger partial charge on any atom is 0.303 e. The van der Waals surface area contributed by atoms with Crippen molar-refractivity contribution in [2.45, 2.75) is 69.9 Å². The third-order valence-corrected chi connectivity index (χ3v) is 12.4. The molecule has 5 atom stereocenters. The van der Waals surface area contributed by atoms with Crippen molar-refractivity contribution in [3.63, 3.8) is 0 Å². The van der Waals surface area contributed by atoms with Crippen LogP contribution in [0.1, 0.15) is 64.0 Å². The van der Waals surface area contributed by atoms with Crippen LogP contribution >= 0.6 is 11.3 Å². The van der Waals surface area contributed by atoms with Crippen LogP contribution in [0.4, 0.5) is 0 Å². The first kappa shape index (κ1) is 36.7. The van der Waals surface area contributed by atoms with Crippen molar-refractivity contribution in [3.05, 3.63) is 47.5 Å². The standard InChI is InChI=1S/C36H46N6O7S2/c1-21(2)30-20-50-33(38-30)29-18-31(25-13-12-23(48-6)17-28(25)37-29)49-24-15-26-27(16-24)34(44)42(5)14-10-8-7-9-11-22-19-36(22,39-32(26)43)35(45)40-51(46,47)41(3)4/h9,11-13,17-18,20-22,24,26-27H,7-8,10,14-16,19H2,1-6H3,(H,39,43)(H,40,45)/b11-9+. The van der Waals surface area contributed by atoms with Gasteiger partial charge in [0.15, 0.2) is 0 Å². The predicted molar refractivity (Wildman–Crippen MR) is 194 cm³/mol. The molecule has 274 valence electrons. The number of carbonyl (C=O) groups excluding carboxylic acids is 3. The smallest absolute Gasteiger partial charge is 0.303 e. The number of hydrogen-bond donors (Lipinski definition) is 2. The van der Waals surface area contributed by atoms with Crippen LogP contribution in [0.2, 0.25) is 0 Å². The van der Waals surface area contributed by atoms with Gasteiger partial charge in [-0.3, -0.25) is 14.4 Å². The van der Waals surface area contributed by atoms with Gasteiger partial charge in [-0.15, -0.1) is 11.3 Å². The minimum atomic E-state index is -4.10. The van der Waals surface area contributed by atoms with Crippen molar-refractivity contribution < 1.29 is 32.3 Å². The molecule has 3 aliphatic rings. The fourth-order valence-electron chi connectivity index (χ4n) is 6.87. The number of pyridine rings is 1. The van der Waals surface area contributed by atoms with Gasteiger partial charge in [0, 0.05) is 56.5 Å². The molecule has 2 N–H and O–H groups in total. The molecule has 13 nitrogen and oxygen atoms in total. The van der Waals surface area contributed by atoms with E-state index >= 15 is 0 Å². The van der Waals surface area contributed by atoms with Gasteiger partial charge < -0.3 is 19.7 Å². The van der Waals surface area contributed by atoms with E-state index in [1.54, 1.807) is 19.1 Å². The van der Waals surface area contributed by atoms with Crippen molar-refractivity contribution in [2.75, 3.05) is 34.8 Å². The molecule has 3 amide bonds. The Balaban J connectivity index is 1.33. The zero-order valence-corrected chi connectivity index (χ0v) is 31.5. The highest BCUT2D eigenvalue weighted by atomic mass is 32.2. The number of fused-ring (bicyclic) bond motifs is 3. The summed E-state index contributed by atoms with van der Waals surface area (Å²) in [6.07, 6.45) is 6.41. The zero-order chi connectivity index (χ0) is 36.7. The molecule has 2 aromatic heterocycles. The first-order chi connectivity index (χ1) is 24.2. The summed E-state index contributed by atoms with van der Waals surface area (Å²) in [7, 11) is 1.88. The Morgan fingerprint density at radius 1 is 1.14 bits per heavy atom. The molecule has 3 heterocycles. The first-order valence-corrected chi connectivity index (χ1v) is 19.6. The van der Waals surface area contributed by atoms with Gasteiger partial charge in [0.1, 0.15) is 33.8 Å². The Hall–Kier alpha value is -4.08. The molecule has 15 heteroatoms. The summed E-state index contributed by atoms with van der Waals surface area (Å²) in [6.45, 7) is 4.72. The molecule has 1 aliphatic heterocycles. The lowest BCUT2D eigenvalue weighted by atomic mass is 9.93. The van der Waals surface area contributed by atoms with Crippen LogP contribution in [0, 0.1) is 17.8 Å². The number of thiazole rings is 1. The zero-order valence-electron chi connectivity index (χ0n) is 29.8. The van der Waals surface area contributed by atoms with E-state index in [9.17, 15) is 22.8 Å². The predicted octanol–water partition coefficient (Wildman–Crippen LogP) is 4.26. The number of hydrogen-bond acceptors (Lipinski definition) is 10. The molecule has 2 aliphatic carbocycles. The summed E-state index contributed by atoms with van der Waals surface area (Å²) >= 11 is 1.50. The number of ether oxygens (including phenoxy) is 2. The SMILES string of the molecule is COc1ccc2c(OC3CC4C(=O)NC5(C(=O)NS(=O)(=O)N(C)C)CC5/C=C/CCCCN(C)C(=O)C4C3)cc(-c3nc(C(C)C)cs3)nc2c1. The van der Waals surface area contributed by atoms with Crippen LogP contribution < -0.4 is 19.5 Å². The van der Waals surface area contributed by atoms with Gasteiger partial charge in [0.25, 0.3) is 5.91 Å². The number of amides is 3. The minimum Gasteiger partial charge on any atom is -0.497 e. The van der Waals surface area contributed by atoms with E-state index in [0.717, 1.165) is 39.7 Å². The second-order valence-corrected chi connectivity index (χ2v) is 17.0. The average Bonchev–Trinajstić information content (AvgIpc) is 3.38. The van der Waals surface area contributed by atoms with Crippen LogP contribution in [-0.4, -0.2) is 91.8 Å². The highest BCUT2D eigenvalue weighted by molar-refractivity contribution is 7.87. The van der Waals surface area contributed by atoms with Crippen molar-refractivity contribution in [1.29, 1.82) is 0 Å². The molecule has 6 rings (SSSR count). The average molecular weight is 739 g/mol. The molecule has 2 saturated carbocycles. The molecular formula is C36H46N6O7S2. The molecule has 0 bridgehead atoms. The van der Waals surface area contributed by atoms with Gasteiger partial charge in [-0.05, 0) is 56.6 Å². The lowest BCUT2D eigenvalue weighted by Crippen LogP contribution is -2.55. The topological polar surface area (TPSA) is 160 Å². The minimum absolute atomic E-state index is 0.163. The van der Waals surface area contributed by atoms with E-state index in [-0.39, 0.29) is 37.0 Å². The first-order valence-electron chi connectivity index (χ1n) is 17.3. The Bertz CT molecular complexity index is 1960. The highest BCUT2D eigenvalue weighted by Crippen LogP contribution is 2.47. The fraction of sp³-hybridized carbons (Fsp3) is 0.528. The number of methoxy groups -OCH3 is 1. The number of benzene rings is 1. The van der Waals surface area contributed by atoms with E-state index in [4.69, 9.17) is 19.4 Å². The maximum atomic E-state index is 14.2. The van der Waals surface area contributed by atoms with Gasteiger partial charge in [0.2, 0.25) is 11.8 Å². The lowest BCUT2D eigenvalue weighted by Gasteiger charge is -2.27. The van der Waals surface area contributed by atoms with Gasteiger partial charge in [-0.1, -0.05) is 26.0 Å². The summed E-state index contributed by atoms with van der Waals surface area (Å²) < 4.78 is 40.5. The van der Waals surface area contributed by atoms with Crippen molar-refractivity contribution in [2.24, 2.45) is 17.8 Å². The monoisotopic (exact) mass is 738 g/mol. The molecule has 0 radical (unpaired) electrons. The second-order valence-electron chi connectivity index (χ2n) is 14.2. The van der Waals surface area contributed by atoms with E-state index < -0.39 is 45.5 Å². The van der Waals surface area contributed by atoms with Gasteiger partial charge in [0.05, 0.1) is 30.2 Å². The lowest BCUT2D eigenvalue weighted by molar-refractivity contribution is -0.140. The molecule has 51 heavy (non-hydrogen) atoms. The van der Waals surface area contributed by atoms with Crippen molar-refractivity contribution in [1.82, 2.24) is 29.2 Å². The van der Waals surface area contributed by atoms with Gasteiger partial charge >= 0.3 is 10.2 Å². The van der Waals surface area contributed by atoms with Crippen LogP contribution in [0.5, 0.6) is 11.5 Å². The Kier molecular flexibility index (Phi) is 10.4. The summed E-state index contributed by atoms with van der Waals surface area (Å²) in [5, 5.41) is 6.43. The third kappa shape index (κ3) is 7.61. The number of nitrogens with zero attached hydrogens (tertiary/aromatic N) is 4. The highest BCUT2D eigenvalue weighted by Gasteiger charge is 2.62. The summed E-state index contributed by atoms with van der Waals surface area (Å²) in [6, 6.07) is 7.40. The largest absolute Gasteiger partial charge is 0.497 e. The van der Waals surface area contributed by atoms with Gasteiger partial charge in [-0.2, -0.15) is 12.7 Å². The quantitative estimate of drug-likeness (QED) is 0.322. The summed E-state index contributed by atoms with van der Waals surface area (Å²) in [5.74, 6) is -1.90. The van der Waals surface area contributed by atoms with E-state index in [0.29, 0.717) is 29.3 Å². The molecule has 2 fully saturated rings. The molecule has 0 saturated heterocycles. The number of aromatic nitrogens is 2. The third-order valence-electron chi connectivity index (χ3n) is 10.1. The summed E-state index contributed by atoms with van der Waals surface area (Å²) in [5.41, 5.74) is 0.814. The number of nitrogens with one attached hydrogen (secondary N) is 2. The van der Waals surface area contributed by atoms with Crippen molar-refractivity contribution in [3.8, 4) is 22.2 Å². The normalized spacial score (nSPS) is 26.3. The molecular weight excluding hydrogens is 693 g/mol. The molecule has 5 unspecified atom stereocenters. The summed E-state index contributed by atoms with van der Waals surface area (Å²) in [4.78, 5) is 53.1. The molecule has 3 aromatic rings. The van der Waals surface area contributed by atoms with Crippen LogP contribution in [0.25, 0.3) is 21.6 Å². The Morgan fingerprint density at radius 2 is 1.90 bits per heavy atom. The Labute approximate surface area is 303 Å². The van der Waals surface area contributed by atoms with Crippen LogP contribution in [0.15, 0.2) is 41.8 Å². The van der Waals surface area contributed by atoms with E-state index in [2.05, 4.69) is 23.9 Å². The fourth-order valence-corrected chi connectivity index (χ4v) is 8.41. The van der Waals surface area contributed by atoms with Crippen LogP contribution in [0.3, 0.4) is 0 Å². The number of rotatable bonds is 8. The van der Waals surface area contributed by atoms with Crippen molar-refractivity contribution >= 4 is 50.2 Å². The molecule has 1 aromatic carbocycles. The maximum absolute atomic E-state index is 14.2. The second kappa shape index (κ2) is 14.5. The van der Waals surface area contributed by atoms with Gasteiger partial charge in [-0.25, -0.2) is 14.7 Å². The van der Waals surface area contributed by atoms with E-state index in [1.165, 1.54) is 25.4 Å². The Morgan fingerprint density at radius 3 is 2.61 bits per heavy atom. The number of carbonyl (C=O) groups is 3. The number of allylic oxidation sites excluding steroid dienone is 1.